The van der Waals surface area contributed by atoms with Gasteiger partial charge in [-0.1, -0.05) is 57.0 Å². The van der Waals surface area contributed by atoms with Crippen molar-refractivity contribution in [1.29, 1.82) is 0 Å². The molecule has 1 heterocycles. The fraction of sp³-hybridized carbons (Fsp3) is 0.478. The Morgan fingerprint density at radius 3 is 2.37 bits per heavy atom. The van der Waals surface area contributed by atoms with Crippen LogP contribution in [-0.4, -0.2) is 38.1 Å². The molecule has 1 saturated heterocycles. The average Bonchev–Trinajstić information content (AvgIpc) is 3.07. The molecule has 3 atom stereocenters. The van der Waals surface area contributed by atoms with E-state index in [1.807, 2.05) is 30.3 Å². The van der Waals surface area contributed by atoms with Gasteiger partial charge in [0.25, 0.3) is 0 Å². The zero-order chi connectivity index (χ0) is 19.5. The van der Waals surface area contributed by atoms with Crippen molar-refractivity contribution in [3.05, 3.63) is 35.9 Å². The highest BCUT2D eigenvalue weighted by Gasteiger charge is 2.36. The molecule has 1 aliphatic heterocycles. The Balaban J connectivity index is 1.95. The molecule has 1 N–H and O–H groups in total. The molecule has 4 heteroatoms. The second-order valence-electron chi connectivity index (χ2n) is 6.69. The SMILES string of the molecule is CC[Si](C#CC#CC#C[C@@H]1OC[C@@H](O)[C@@H]1OCc1ccccc1)(CC)CC. The number of benzene rings is 1. The Bertz CT molecular complexity index is 758. The minimum atomic E-state index is -1.46. The summed E-state index contributed by atoms with van der Waals surface area (Å²) in [5, 5.41) is 10.1. The summed E-state index contributed by atoms with van der Waals surface area (Å²) in [4.78, 5) is 0. The Hall–Kier alpha value is -2.00. The maximum Gasteiger partial charge on any atom is 0.148 e. The Morgan fingerprint density at radius 2 is 1.70 bits per heavy atom. The summed E-state index contributed by atoms with van der Waals surface area (Å²) >= 11 is 0. The third-order valence-electron chi connectivity index (χ3n) is 5.17. The molecular formula is C23H28O3Si. The van der Waals surface area contributed by atoms with Crippen LogP contribution in [0.15, 0.2) is 30.3 Å². The average molecular weight is 381 g/mol. The molecule has 3 nitrogen and oxygen atoms in total. The molecule has 0 unspecified atom stereocenters. The van der Waals surface area contributed by atoms with Crippen molar-refractivity contribution in [2.24, 2.45) is 0 Å². The van der Waals surface area contributed by atoms with E-state index < -0.39 is 26.4 Å². The molecule has 0 bridgehead atoms. The summed E-state index contributed by atoms with van der Waals surface area (Å²) in [6.45, 7) is 7.31. The molecule has 142 valence electrons. The number of rotatable bonds is 6. The van der Waals surface area contributed by atoms with Gasteiger partial charge in [0.15, 0.2) is 0 Å². The van der Waals surface area contributed by atoms with Gasteiger partial charge in [0.1, 0.15) is 26.4 Å². The molecule has 0 aromatic heterocycles. The third kappa shape index (κ3) is 6.28. The largest absolute Gasteiger partial charge is 0.388 e. The molecule has 0 amide bonds. The molecule has 0 saturated carbocycles. The van der Waals surface area contributed by atoms with Crippen LogP contribution < -0.4 is 0 Å². The Labute approximate surface area is 164 Å². The van der Waals surface area contributed by atoms with Gasteiger partial charge < -0.3 is 14.6 Å². The topological polar surface area (TPSA) is 38.7 Å². The first-order valence-electron chi connectivity index (χ1n) is 9.62. The molecule has 27 heavy (non-hydrogen) atoms. The Kier molecular flexibility index (Phi) is 8.66. The van der Waals surface area contributed by atoms with E-state index >= 15 is 0 Å². The maximum absolute atomic E-state index is 10.1. The number of aliphatic hydroxyl groups excluding tert-OH is 1. The van der Waals surface area contributed by atoms with E-state index in [0.29, 0.717) is 6.61 Å². The van der Waals surface area contributed by atoms with Crippen molar-refractivity contribution < 1.29 is 14.6 Å². The van der Waals surface area contributed by atoms with Crippen LogP contribution in [0.3, 0.4) is 0 Å². The lowest BCUT2D eigenvalue weighted by atomic mass is 10.1. The molecule has 1 fully saturated rings. The van der Waals surface area contributed by atoms with Crippen LogP contribution >= 0.6 is 0 Å². The van der Waals surface area contributed by atoms with E-state index in [0.717, 1.165) is 23.7 Å². The zero-order valence-corrected chi connectivity index (χ0v) is 17.4. The molecule has 1 aromatic carbocycles. The second kappa shape index (κ2) is 11.0. The number of hydrogen-bond donors (Lipinski definition) is 1. The van der Waals surface area contributed by atoms with Gasteiger partial charge in [0.05, 0.1) is 13.2 Å². The standard InChI is InChI=1S/C23H28O3Si/c1-4-27(5-2,6-3)17-13-8-7-12-16-22-23(21(24)19-25-22)26-18-20-14-10-9-11-15-20/h9-11,14-15,21-24H,4-6,18-19H2,1-3H3/t21-,22+,23+/m1/s1. The fourth-order valence-corrected chi connectivity index (χ4v) is 5.39. The van der Waals surface area contributed by atoms with Gasteiger partial charge >= 0.3 is 0 Å². The predicted molar refractivity (Wildman–Crippen MR) is 111 cm³/mol. The number of aliphatic hydroxyl groups is 1. The van der Waals surface area contributed by atoms with Gasteiger partial charge in [-0.15, -0.1) is 5.54 Å². The molecule has 0 spiro atoms. The summed E-state index contributed by atoms with van der Waals surface area (Å²) in [6.07, 6.45) is -1.61. The lowest BCUT2D eigenvalue weighted by molar-refractivity contribution is -0.0317. The third-order valence-corrected chi connectivity index (χ3v) is 9.89. The van der Waals surface area contributed by atoms with Crippen molar-refractivity contribution >= 4 is 8.07 Å². The van der Waals surface area contributed by atoms with Crippen LogP contribution in [0.1, 0.15) is 26.3 Å². The highest BCUT2D eigenvalue weighted by Crippen LogP contribution is 2.19. The lowest BCUT2D eigenvalue weighted by Crippen LogP contribution is -2.32. The number of ether oxygens (including phenoxy) is 2. The summed E-state index contributed by atoms with van der Waals surface area (Å²) in [6, 6.07) is 13.3. The van der Waals surface area contributed by atoms with Crippen molar-refractivity contribution in [1.82, 2.24) is 0 Å². The van der Waals surface area contributed by atoms with Gasteiger partial charge in [-0.3, -0.25) is 0 Å². The Morgan fingerprint density at radius 1 is 1.04 bits per heavy atom. The second-order valence-corrected chi connectivity index (χ2v) is 11.6. The highest BCUT2D eigenvalue weighted by atomic mass is 28.3. The monoisotopic (exact) mass is 380 g/mol. The fourth-order valence-electron chi connectivity index (χ4n) is 3.03. The molecule has 0 aliphatic carbocycles. The summed E-state index contributed by atoms with van der Waals surface area (Å²) in [5.41, 5.74) is 4.47. The zero-order valence-electron chi connectivity index (χ0n) is 16.4. The minimum Gasteiger partial charge on any atom is -0.388 e. The summed E-state index contributed by atoms with van der Waals surface area (Å²) < 4.78 is 11.4. The van der Waals surface area contributed by atoms with Crippen LogP contribution in [0, 0.1) is 35.1 Å². The van der Waals surface area contributed by atoms with Crippen LogP contribution in [0.25, 0.3) is 0 Å². The van der Waals surface area contributed by atoms with Crippen LogP contribution in [0.5, 0.6) is 0 Å². The lowest BCUT2D eigenvalue weighted by Gasteiger charge is -2.19. The normalized spacial score (nSPS) is 21.3. The van der Waals surface area contributed by atoms with E-state index in [4.69, 9.17) is 9.47 Å². The first-order valence-corrected chi connectivity index (χ1v) is 12.2. The van der Waals surface area contributed by atoms with Crippen molar-refractivity contribution in [3.63, 3.8) is 0 Å². The van der Waals surface area contributed by atoms with Gasteiger partial charge in [0.2, 0.25) is 0 Å². The van der Waals surface area contributed by atoms with Gasteiger partial charge in [-0.25, -0.2) is 0 Å². The van der Waals surface area contributed by atoms with E-state index in [9.17, 15) is 5.11 Å². The highest BCUT2D eigenvalue weighted by molar-refractivity contribution is 6.87. The van der Waals surface area contributed by atoms with Crippen LogP contribution in [-0.2, 0) is 16.1 Å². The smallest absolute Gasteiger partial charge is 0.148 e. The van der Waals surface area contributed by atoms with Gasteiger partial charge in [-0.05, 0) is 47.4 Å². The first kappa shape index (κ1) is 21.3. The quantitative estimate of drug-likeness (QED) is 0.607. The molecular weight excluding hydrogens is 352 g/mol. The van der Waals surface area contributed by atoms with E-state index in [1.54, 1.807) is 0 Å². The van der Waals surface area contributed by atoms with E-state index in [2.05, 4.69) is 55.9 Å². The van der Waals surface area contributed by atoms with Crippen molar-refractivity contribution in [2.45, 2.75) is 63.8 Å². The molecule has 1 aliphatic rings. The van der Waals surface area contributed by atoms with Gasteiger partial charge in [-0.2, -0.15) is 0 Å². The first-order chi connectivity index (χ1) is 13.1. The predicted octanol–water partition coefficient (Wildman–Crippen LogP) is 3.39. The van der Waals surface area contributed by atoms with E-state index in [1.165, 1.54) is 0 Å². The van der Waals surface area contributed by atoms with Crippen molar-refractivity contribution in [3.8, 4) is 35.1 Å². The summed E-state index contributed by atoms with van der Waals surface area (Å²) in [5.74, 6) is 14.4. The van der Waals surface area contributed by atoms with Crippen molar-refractivity contribution in [2.75, 3.05) is 6.61 Å². The molecule has 0 radical (unpaired) electrons. The maximum atomic E-state index is 10.1. The minimum absolute atomic E-state index is 0.226. The summed E-state index contributed by atoms with van der Waals surface area (Å²) in [7, 11) is -1.46. The van der Waals surface area contributed by atoms with Gasteiger partial charge in [0, 0.05) is 0 Å². The van der Waals surface area contributed by atoms with E-state index in [-0.39, 0.29) is 6.61 Å². The number of hydrogen-bond acceptors (Lipinski definition) is 3. The van der Waals surface area contributed by atoms with Crippen LogP contribution in [0.4, 0.5) is 0 Å². The molecule has 1 aromatic rings. The molecule has 2 rings (SSSR count). The van der Waals surface area contributed by atoms with Crippen LogP contribution in [0.2, 0.25) is 18.1 Å².